The van der Waals surface area contributed by atoms with Crippen LogP contribution in [0.3, 0.4) is 0 Å². The second-order valence-corrected chi connectivity index (χ2v) is 4.35. The van der Waals surface area contributed by atoms with Crippen molar-refractivity contribution in [2.24, 2.45) is 0 Å². The summed E-state index contributed by atoms with van der Waals surface area (Å²) in [7, 11) is -1.93. The maximum atomic E-state index is 11.2. The van der Waals surface area contributed by atoms with E-state index in [1.165, 1.54) is 0 Å². The Balaban J connectivity index is 3.18. The predicted octanol–water partition coefficient (Wildman–Crippen LogP) is 3.08. The van der Waals surface area contributed by atoms with Crippen LogP contribution in [0.5, 0.6) is 0 Å². The van der Waals surface area contributed by atoms with Crippen molar-refractivity contribution < 1.29 is 9.09 Å². The number of rotatable bonds is 0. The lowest BCUT2D eigenvalue weighted by Gasteiger charge is -2.18. The first-order valence-corrected chi connectivity index (χ1v) is 4.93. The molecule has 0 aromatic heterocycles. The molecule has 1 aliphatic rings. The van der Waals surface area contributed by atoms with Crippen LogP contribution in [0.15, 0.2) is 22.2 Å². The Morgan fingerprint density at radius 2 is 1.64 bits per heavy atom. The van der Waals surface area contributed by atoms with E-state index in [2.05, 4.69) is 0 Å². The Labute approximate surface area is 67.8 Å². The highest BCUT2D eigenvalue weighted by molar-refractivity contribution is 7.44. The Kier molecular flexibility index (Phi) is 2.24. The molecular weight excluding hydrogens is 159 g/mol. The van der Waals surface area contributed by atoms with Gasteiger partial charge in [0.05, 0.1) is 0 Å². The molecule has 62 valence electrons. The third-order valence-electron chi connectivity index (χ3n) is 2.21. The second kappa shape index (κ2) is 2.86. The van der Waals surface area contributed by atoms with E-state index >= 15 is 0 Å². The van der Waals surface area contributed by atoms with E-state index in [9.17, 15) is 4.57 Å². The zero-order chi connectivity index (χ0) is 8.59. The summed E-state index contributed by atoms with van der Waals surface area (Å²) in [5.41, 5.74) is 2.24. The molecule has 0 amide bonds. The molecule has 1 unspecified atom stereocenters. The van der Waals surface area contributed by atoms with Crippen LogP contribution in [0.2, 0.25) is 0 Å². The van der Waals surface area contributed by atoms with Gasteiger partial charge in [-0.05, 0) is 38.8 Å². The lowest BCUT2D eigenvalue weighted by Crippen LogP contribution is -1.96. The average Bonchev–Trinajstić information content (AvgIpc) is 1.97. The molecule has 0 aliphatic carbocycles. The molecule has 1 heterocycles. The molecule has 0 fully saturated rings. The quantitative estimate of drug-likeness (QED) is 0.525. The average molecular weight is 172 g/mol. The molecule has 0 saturated carbocycles. The van der Waals surface area contributed by atoms with Gasteiger partial charge in [-0.3, -0.25) is 4.57 Å². The second-order valence-electron chi connectivity index (χ2n) is 2.82. The summed E-state index contributed by atoms with van der Waals surface area (Å²) in [6.07, 6.45) is 0. The summed E-state index contributed by atoms with van der Waals surface area (Å²) in [4.78, 5) is 0. The van der Waals surface area contributed by atoms with Gasteiger partial charge in [0.25, 0.3) is 8.03 Å². The van der Waals surface area contributed by atoms with Gasteiger partial charge in [-0.25, -0.2) is 0 Å². The minimum atomic E-state index is -1.93. The van der Waals surface area contributed by atoms with Crippen molar-refractivity contribution in [1.82, 2.24) is 0 Å². The van der Waals surface area contributed by atoms with Crippen LogP contribution < -0.4 is 0 Å². The molecule has 1 atom stereocenters. The van der Waals surface area contributed by atoms with Crippen LogP contribution in [0.1, 0.15) is 27.7 Å². The molecular formula is C8H13O2P. The van der Waals surface area contributed by atoms with Crippen LogP contribution in [-0.4, -0.2) is 0 Å². The first-order valence-electron chi connectivity index (χ1n) is 3.61. The van der Waals surface area contributed by atoms with Gasteiger partial charge < -0.3 is 4.52 Å². The maximum Gasteiger partial charge on any atom is 0.261 e. The van der Waals surface area contributed by atoms with Crippen LogP contribution >= 0.6 is 8.03 Å². The molecule has 11 heavy (non-hydrogen) atoms. The molecule has 0 bridgehead atoms. The van der Waals surface area contributed by atoms with Crippen LogP contribution in [0, 0.1) is 0 Å². The Hall–Kier alpha value is -0.490. The Morgan fingerprint density at radius 1 is 1.09 bits per heavy atom. The fourth-order valence-electron chi connectivity index (χ4n) is 0.991. The minimum absolute atomic E-state index is 0.803. The van der Waals surface area contributed by atoms with E-state index in [1.54, 1.807) is 0 Å². The highest BCUT2D eigenvalue weighted by Gasteiger charge is 2.16. The first-order chi connectivity index (χ1) is 5.04. The highest BCUT2D eigenvalue weighted by atomic mass is 31.1. The van der Waals surface area contributed by atoms with Gasteiger partial charge in [0.15, 0.2) is 0 Å². The van der Waals surface area contributed by atoms with E-state index in [4.69, 9.17) is 4.52 Å². The van der Waals surface area contributed by atoms with Gasteiger partial charge in [0.2, 0.25) is 0 Å². The van der Waals surface area contributed by atoms with Crippen molar-refractivity contribution >= 4 is 8.03 Å². The summed E-state index contributed by atoms with van der Waals surface area (Å²) >= 11 is 0. The van der Waals surface area contributed by atoms with Gasteiger partial charge in [0.1, 0.15) is 5.76 Å². The molecule has 0 saturated heterocycles. The third-order valence-corrected chi connectivity index (χ3v) is 3.68. The molecule has 0 aromatic carbocycles. The van der Waals surface area contributed by atoms with Crippen molar-refractivity contribution in [2.45, 2.75) is 27.7 Å². The smallest absolute Gasteiger partial charge is 0.261 e. The molecule has 0 aromatic rings. The minimum Gasteiger partial charge on any atom is -0.446 e. The molecule has 1 rings (SSSR count). The summed E-state index contributed by atoms with van der Waals surface area (Å²) in [6.45, 7) is 7.70. The molecule has 3 heteroatoms. The molecule has 2 nitrogen and oxygen atoms in total. The van der Waals surface area contributed by atoms with Crippen molar-refractivity contribution in [3.8, 4) is 0 Å². The topological polar surface area (TPSA) is 26.3 Å². The lowest BCUT2D eigenvalue weighted by molar-refractivity contribution is 0.422. The monoisotopic (exact) mass is 172 g/mol. The van der Waals surface area contributed by atoms with Crippen molar-refractivity contribution in [3.05, 3.63) is 22.2 Å². The number of allylic oxidation sites excluding steroid dienone is 4. The van der Waals surface area contributed by atoms with Crippen LogP contribution in [-0.2, 0) is 9.09 Å². The fraction of sp³-hybridized carbons (Fsp3) is 0.500. The van der Waals surface area contributed by atoms with E-state index in [1.807, 2.05) is 27.7 Å². The van der Waals surface area contributed by atoms with Gasteiger partial charge in [-0.1, -0.05) is 0 Å². The van der Waals surface area contributed by atoms with E-state index in [-0.39, 0.29) is 0 Å². The van der Waals surface area contributed by atoms with E-state index in [0.29, 0.717) is 0 Å². The standard InChI is InChI=1S/C8H13O2P/c1-5-6(2)8(4)11(9)10-7(5)3/h11H,1-4H3. The summed E-state index contributed by atoms with van der Waals surface area (Å²) in [6, 6.07) is 0. The van der Waals surface area contributed by atoms with Gasteiger partial charge >= 0.3 is 0 Å². The van der Waals surface area contributed by atoms with Crippen LogP contribution in [0.4, 0.5) is 0 Å². The van der Waals surface area contributed by atoms with Crippen molar-refractivity contribution in [1.29, 1.82) is 0 Å². The van der Waals surface area contributed by atoms with Gasteiger partial charge in [0, 0.05) is 5.31 Å². The first kappa shape index (κ1) is 8.61. The zero-order valence-electron chi connectivity index (χ0n) is 7.32. The Bertz CT molecular complexity index is 274. The fourth-order valence-corrected chi connectivity index (χ4v) is 2.07. The van der Waals surface area contributed by atoms with Gasteiger partial charge in [-0.15, -0.1) is 0 Å². The molecule has 0 spiro atoms. The maximum absolute atomic E-state index is 11.2. The van der Waals surface area contributed by atoms with Gasteiger partial charge in [-0.2, -0.15) is 0 Å². The third kappa shape index (κ3) is 1.41. The van der Waals surface area contributed by atoms with Crippen molar-refractivity contribution in [3.63, 3.8) is 0 Å². The number of hydrogen-bond donors (Lipinski definition) is 0. The van der Waals surface area contributed by atoms with Crippen LogP contribution in [0.25, 0.3) is 0 Å². The molecule has 0 radical (unpaired) electrons. The highest BCUT2D eigenvalue weighted by Crippen LogP contribution is 2.44. The normalized spacial score (nSPS) is 25.6. The SMILES string of the molecule is CC1=C(C)C(C)=C(C)[PH](=O)O1. The molecule has 1 aliphatic heterocycles. The summed E-state index contributed by atoms with van der Waals surface area (Å²) in [5, 5.41) is 0.901. The lowest BCUT2D eigenvalue weighted by atomic mass is 10.1. The van der Waals surface area contributed by atoms with Crippen molar-refractivity contribution in [2.75, 3.05) is 0 Å². The molecule has 0 N–H and O–H groups in total. The zero-order valence-corrected chi connectivity index (χ0v) is 8.32. The summed E-state index contributed by atoms with van der Waals surface area (Å²) in [5.74, 6) is 0.803. The largest absolute Gasteiger partial charge is 0.446 e. The summed E-state index contributed by atoms with van der Waals surface area (Å²) < 4.78 is 16.4. The predicted molar refractivity (Wildman–Crippen MR) is 46.8 cm³/mol. The number of hydrogen-bond acceptors (Lipinski definition) is 2. The Morgan fingerprint density at radius 3 is 2.18 bits per heavy atom. The van der Waals surface area contributed by atoms with E-state index < -0.39 is 8.03 Å². The van der Waals surface area contributed by atoms with E-state index in [0.717, 1.165) is 22.2 Å².